The van der Waals surface area contributed by atoms with Crippen LogP contribution < -0.4 is 4.72 Å². The molecule has 0 spiro atoms. The molecule has 0 unspecified atom stereocenters. The van der Waals surface area contributed by atoms with E-state index < -0.39 is 15.6 Å². The summed E-state index contributed by atoms with van der Waals surface area (Å²) in [7, 11) is -3.60. The summed E-state index contributed by atoms with van der Waals surface area (Å²) in [6.07, 6.45) is -0.148. The lowest BCUT2D eigenvalue weighted by Crippen LogP contribution is -2.51. The van der Waals surface area contributed by atoms with Crippen LogP contribution in [-0.4, -0.2) is 62.0 Å². The largest absolute Gasteiger partial charge is 0.444 e. The van der Waals surface area contributed by atoms with Crippen molar-refractivity contribution in [1.29, 1.82) is 0 Å². The highest BCUT2D eigenvalue weighted by molar-refractivity contribution is 7.94. The highest BCUT2D eigenvalue weighted by Crippen LogP contribution is 2.21. The van der Waals surface area contributed by atoms with Gasteiger partial charge in [0, 0.05) is 31.9 Å². The number of anilines is 1. The number of benzene rings is 1. The summed E-state index contributed by atoms with van der Waals surface area (Å²) in [4.78, 5) is 28.1. The Bertz CT molecular complexity index is 1000. The highest BCUT2D eigenvalue weighted by atomic mass is 32.2. The molecule has 2 amide bonds. The van der Waals surface area contributed by atoms with E-state index >= 15 is 0 Å². The summed E-state index contributed by atoms with van der Waals surface area (Å²) >= 11 is 1.15. The van der Waals surface area contributed by atoms with Gasteiger partial charge in [-0.25, -0.2) is 13.2 Å². The zero-order chi connectivity index (χ0) is 22.6. The molecule has 10 heteroatoms. The van der Waals surface area contributed by atoms with Crippen molar-refractivity contribution < 1.29 is 22.7 Å². The molecule has 1 fully saturated rings. The van der Waals surface area contributed by atoms with Gasteiger partial charge in [0.05, 0.1) is 6.42 Å². The van der Waals surface area contributed by atoms with E-state index in [1.807, 2.05) is 20.8 Å². The Morgan fingerprint density at radius 3 is 2.19 bits per heavy atom. The number of rotatable bonds is 5. The van der Waals surface area contributed by atoms with E-state index in [9.17, 15) is 18.0 Å². The Labute approximate surface area is 186 Å². The second-order valence-electron chi connectivity index (χ2n) is 8.26. The van der Waals surface area contributed by atoms with E-state index in [0.717, 1.165) is 16.9 Å². The molecule has 3 rings (SSSR count). The maximum Gasteiger partial charge on any atom is 0.410 e. The summed E-state index contributed by atoms with van der Waals surface area (Å²) in [6, 6.07) is 9.99. The molecule has 0 radical (unpaired) electrons. The van der Waals surface area contributed by atoms with Gasteiger partial charge in [0.1, 0.15) is 9.81 Å². The maximum atomic E-state index is 12.6. The summed E-state index contributed by atoms with van der Waals surface area (Å²) < 4.78 is 32.7. The number of nitrogens with zero attached hydrogens (tertiary/aromatic N) is 2. The number of hydrogen-bond donors (Lipinski definition) is 1. The molecule has 2 heterocycles. The molecular weight excluding hydrogens is 438 g/mol. The van der Waals surface area contributed by atoms with Crippen molar-refractivity contribution in [2.45, 2.75) is 37.0 Å². The minimum absolute atomic E-state index is 0.0317. The maximum absolute atomic E-state index is 12.6. The fraction of sp³-hybridized carbons (Fsp3) is 0.429. The Balaban J connectivity index is 1.51. The van der Waals surface area contributed by atoms with Crippen molar-refractivity contribution in [2.75, 3.05) is 30.9 Å². The second-order valence-corrected chi connectivity index (χ2v) is 11.1. The topological polar surface area (TPSA) is 96.0 Å². The van der Waals surface area contributed by atoms with Crippen molar-refractivity contribution in [1.82, 2.24) is 9.80 Å². The summed E-state index contributed by atoms with van der Waals surface area (Å²) in [5, 5.41) is 1.70. The first-order chi connectivity index (χ1) is 14.5. The third-order valence-corrected chi connectivity index (χ3v) is 7.38. The van der Waals surface area contributed by atoms with Gasteiger partial charge in [-0.3, -0.25) is 9.52 Å². The first kappa shape index (κ1) is 23.1. The Morgan fingerprint density at radius 2 is 1.65 bits per heavy atom. The molecular formula is C21H27N3O5S2. The van der Waals surface area contributed by atoms with Gasteiger partial charge in [0.15, 0.2) is 0 Å². The second kappa shape index (κ2) is 9.27. The number of sulfonamides is 1. The van der Waals surface area contributed by atoms with Gasteiger partial charge in [-0.2, -0.15) is 0 Å². The first-order valence-corrected chi connectivity index (χ1v) is 12.3. The van der Waals surface area contributed by atoms with Crippen LogP contribution in [0.5, 0.6) is 0 Å². The van der Waals surface area contributed by atoms with E-state index in [1.54, 1.807) is 51.6 Å². The number of nitrogens with one attached hydrogen (secondary N) is 1. The van der Waals surface area contributed by atoms with Crippen LogP contribution >= 0.6 is 11.3 Å². The molecule has 0 saturated carbocycles. The molecule has 1 aromatic carbocycles. The smallest absolute Gasteiger partial charge is 0.410 e. The zero-order valence-corrected chi connectivity index (χ0v) is 19.5. The third kappa shape index (κ3) is 6.44. The number of ether oxygens (including phenoxy) is 1. The van der Waals surface area contributed by atoms with Crippen LogP contribution in [0.4, 0.5) is 10.5 Å². The van der Waals surface area contributed by atoms with E-state index in [1.165, 1.54) is 0 Å². The number of carbonyl (C=O) groups excluding carboxylic acids is 2. The van der Waals surface area contributed by atoms with Gasteiger partial charge in [0.2, 0.25) is 5.91 Å². The van der Waals surface area contributed by atoms with E-state index in [0.29, 0.717) is 31.9 Å². The molecule has 0 aliphatic carbocycles. The molecule has 8 nitrogen and oxygen atoms in total. The lowest BCUT2D eigenvalue weighted by atomic mass is 10.1. The predicted molar refractivity (Wildman–Crippen MR) is 120 cm³/mol. The van der Waals surface area contributed by atoms with Crippen LogP contribution in [0.25, 0.3) is 0 Å². The normalized spacial score (nSPS) is 14.9. The van der Waals surface area contributed by atoms with Gasteiger partial charge in [-0.15, -0.1) is 11.3 Å². The predicted octanol–water partition coefficient (Wildman–Crippen LogP) is 3.17. The van der Waals surface area contributed by atoms with Crippen LogP contribution in [-0.2, 0) is 26.0 Å². The lowest BCUT2D eigenvalue weighted by molar-refractivity contribution is -0.132. The molecule has 1 aliphatic rings. The van der Waals surface area contributed by atoms with Crippen molar-refractivity contribution in [3.8, 4) is 0 Å². The van der Waals surface area contributed by atoms with Crippen molar-refractivity contribution >= 4 is 39.0 Å². The molecule has 1 saturated heterocycles. The van der Waals surface area contributed by atoms with Gasteiger partial charge in [0.25, 0.3) is 10.0 Å². The average Bonchev–Trinajstić information content (AvgIpc) is 3.24. The number of amides is 2. The molecule has 2 aromatic rings. The van der Waals surface area contributed by atoms with Crippen LogP contribution in [0.1, 0.15) is 26.3 Å². The molecule has 0 atom stereocenters. The lowest BCUT2D eigenvalue weighted by Gasteiger charge is -2.35. The summed E-state index contributed by atoms with van der Waals surface area (Å²) in [5.74, 6) is -0.0317. The SMILES string of the molecule is CC(C)(C)OC(=O)N1CCN(C(=O)Cc2ccc(NS(=O)(=O)c3cccs3)cc2)CC1. The van der Waals surface area contributed by atoms with Crippen molar-refractivity contribution in [2.24, 2.45) is 0 Å². The highest BCUT2D eigenvalue weighted by Gasteiger charge is 2.27. The minimum atomic E-state index is -3.60. The minimum Gasteiger partial charge on any atom is -0.444 e. The molecule has 31 heavy (non-hydrogen) atoms. The van der Waals surface area contributed by atoms with Gasteiger partial charge in [-0.05, 0) is 49.9 Å². The molecule has 0 bridgehead atoms. The van der Waals surface area contributed by atoms with Crippen LogP contribution in [0.3, 0.4) is 0 Å². The number of thiophene rings is 1. The van der Waals surface area contributed by atoms with Crippen LogP contribution in [0.15, 0.2) is 46.0 Å². The van der Waals surface area contributed by atoms with E-state index in [-0.39, 0.29) is 22.6 Å². The average molecular weight is 466 g/mol. The van der Waals surface area contributed by atoms with Crippen molar-refractivity contribution in [3.05, 3.63) is 47.3 Å². The monoisotopic (exact) mass is 465 g/mol. The Kier molecular flexibility index (Phi) is 6.90. The Morgan fingerprint density at radius 1 is 1.03 bits per heavy atom. The molecule has 168 valence electrons. The Hall–Kier alpha value is -2.59. The van der Waals surface area contributed by atoms with Gasteiger partial charge < -0.3 is 14.5 Å². The quantitative estimate of drug-likeness (QED) is 0.732. The van der Waals surface area contributed by atoms with Gasteiger partial charge in [-0.1, -0.05) is 18.2 Å². The van der Waals surface area contributed by atoms with Gasteiger partial charge >= 0.3 is 6.09 Å². The van der Waals surface area contributed by atoms with Crippen LogP contribution in [0, 0.1) is 0 Å². The third-order valence-electron chi connectivity index (χ3n) is 4.61. The molecule has 1 aromatic heterocycles. The zero-order valence-electron chi connectivity index (χ0n) is 17.8. The van der Waals surface area contributed by atoms with E-state index in [2.05, 4.69) is 4.72 Å². The fourth-order valence-electron chi connectivity index (χ4n) is 3.06. The van der Waals surface area contributed by atoms with Crippen LogP contribution in [0.2, 0.25) is 0 Å². The number of carbonyl (C=O) groups is 2. The number of piperazine rings is 1. The molecule has 1 N–H and O–H groups in total. The van der Waals surface area contributed by atoms with E-state index in [4.69, 9.17) is 4.74 Å². The van der Waals surface area contributed by atoms with Crippen molar-refractivity contribution in [3.63, 3.8) is 0 Å². The standard InChI is InChI=1S/C21H27N3O5S2/c1-21(2,3)29-20(26)24-12-10-23(11-13-24)18(25)15-16-6-8-17(9-7-16)22-31(27,28)19-5-4-14-30-19/h4-9,14,22H,10-13,15H2,1-3H3. The summed E-state index contributed by atoms with van der Waals surface area (Å²) in [6.45, 7) is 7.25. The number of hydrogen-bond acceptors (Lipinski definition) is 6. The first-order valence-electron chi connectivity index (χ1n) is 9.94. The molecule has 1 aliphatic heterocycles. The summed E-state index contributed by atoms with van der Waals surface area (Å²) in [5.41, 5.74) is 0.683. The fourth-order valence-corrected chi connectivity index (χ4v) is 5.12.